The molecule has 0 atom stereocenters. The van der Waals surface area contributed by atoms with Crippen LogP contribution in [0.1, 0.15) is 26.3 Å². The topological polar surface area (TPSA) is 160 Å². The Hall–Kier alpha value is -4.10. The number of hydrogen-bond acceptors (Lipinski definition) is 8. The second kappa shape index (κ2) is 9.40. The maximum Gasteiger partial charge on any atom is 0.337 e. The minimum atomic E-state index is -0.389. The van der Waals surface area contributed by atoms with Crippen LogP contribution in [0.5, 0.6) is 0 Å². The molecule has 0 bridgehead atoms. The Morgan fingerprint density at radius 2 is 1.74 bits per heavy atom. The van der Waals surface area contributed by atoms with Crippen molar-refractivity contribution in [2.75, 3.05) is 7.11 Å². The molecule has 0 radical (unpaired) electrons. The first kappa shape index (κ1) is 19.2. The van der Waals surface area contributed by atoms with Gasteiger partial charge in [-0.2, -0.15) is 10.5 Å². The normalized spacial score (nSPS) is 9.37. The largest absolute Gasteiger partial charge is 0.465 e. The Kier molecular flexibility index (Phi) is 6.69. The highest BCUT2D eigenvalue weighted by Crippen LogP contribution is 2.13. The Balaban J connectivity index is 0.000000199. The van der Waals surface area contributed by atoms with Gasteiger partial charge in [-0.15, -0.1) is 10.2 Å². The van der Waals surface area contributed by atoms with Gasteiger partial charge in [0.1, 0.15) is 0 Å². The fourth-order valence-corrected chi connectivity index (χ4v) is 1.94. The Bertz CT molecular complexity index is 930. The van der Waals surface area contributed by atoms with E-state index >= 15 is 0 Å². The minimum Gasteiger partial charge on any atom is -0.465 e. The third kappa shape index (κ3) is 5.18. The van der Waals surface area contributed by atoms with Gasteiger partial charge in [-0.25, -0.2) is 10.6 Å². The smallest absolute Gasteiger partial charge is 0.337 e. The zero-order valence-corrected chi connectivity index (χ0v) is 14.2. The maximum absolute atomic E-state index is 11.1. The number of tetrazole rings is 1. The van der Waals surface area contributed by atoms with Crippen molar-refractivity contribution in [3.8, 4) is 17.5 Å². The average molecular weight is 365 g/mol. The molecule has 1 heterocycles. The zero-order valence-electron chi connectivity index (χ0n) is 14.2. The average Bonchev–Trinajstić information content (AvgIpc) is 3.28. The number of nitriles is 1. The van der Waals surface area contributed by atoms with E-state index < -0.39 is 0 Å². The van der Waals surface area contributed by atoms with Crippen LogP contribution >= 0.6 is 0 Å². The molecule has 10 heteroatoms. The molecular weight excluding hydrogens is 350 g/mol. The molecule has 0 saturated heterocycles. The lowest BCUT2D eigenvalue weighted by molar-refractivity contribution is 0.0600. The molecule has 0 spiro atoms. The monoisotopic (exact) mass is 365 g/mol. The van der Waals surface area contributed by atoms with Gasteiger partial charge in [0.25, 0.3) is 5.91 Å². The number of nitrogens with zero attached hydrogens (tertiary/aromatic N) is 4. The molecule has 0 aliphatic carbocycles. The molecule has 0 aliphatic heterocycles. The molecule has 3 rings (SSSR count). The molecule has 0 fully saturated rings. The maximum atomic E-state index is 11.1. The first-order valence-electron chi connectivity index (χ1n) is 7.52. The number of hydrogen-bond donors (Lipinski definition) is 3. The third-order valence-electron chi connectivity index (χ3n) is 3.32. The van der Waals surface area contributed by atoms with Crippen LogP contribution < -0.4 is 11.3 Å². The number of nitrogens with one attached hydrogen (secondary N) is 2. The SMILES string of the molecule is COC(=O)c1ccc(C#N)cc1.NNC(=O)c1ccc(-c2nn[nH]n2)cc1. The fourth-order valence-electron chi connectivity index (χ4n) is 1.94. The predicted molar refractivity (Wildman–Crippen MR) is 93.8 cm³/mol. The molecule has 0 saturated carbocycles. The summed E-state index contributed by atoms with van der Waals surface area (Å²) < 4.78 is 4.49. The van der Waals surface area contributed by atoms with Crippen molar-refractivity contribution in [2.45, 2.75) is 0 Å². The fraction of sp³-hybridized carbons (Fsp3) is 0.0588. The quantitative estimate of drug-likeness (QED) is 0.266. The molecule has 27 heavy (non-hydrogen) atoms. The minimum absolute atomic E-state index is 0.338. The lowest BCUT2D eigenvalue weighted by atomic mass is 10.1. The van der Waals surface area contributed by atoms with E-state index in [-0.39, 0.29) is 11.9 Å². The van der Waals surface area contributed by atoms with Crippen molar-refractivity contribution in [1.82, 2.24) is 26.0 Å². The second-order valence-corrected chi connectivity index (χ2v) is 4.97. The number of carbonyl (C=O) groups is 2. The van der Waals surface area contributed by atoms with Crippen LogP contribution in [0.2, 0.25) is 0 Å². The Morgan fingerprint density at radius 3 is 2.22 bits per heavy atom. The van der Waals surface area contributed by atoms with E-state index in [2.05, 4.69) is 25.4 Å². The Morgan fingerprint density at radius 1 is 1.11 bits per heavy atom. The van der Waals surface area contributed by atoms with Crippen LogP contribution in [0.15, 0.2) is 48.5 Å². The molecule has 10 nitrogen and oxygen atoms in total. The van der Waals surface area contributed by atoms with E-state index in [0.717, 1.165) is 5.56 Å². The number of esters is 1. The van der Waals surface area contributed by atoms with E-state index in [9.17, 15) is 9.59 Å². The van der Waals surface area contributed by atoms with Crippen molar-refractivity contribution in [1.29, 1.82) is 5.26 Å². The number of ether oxygens (including phenoxy) is 1. The first-order valence-corrected chi connectivity index (χ1v) is 7.52. The van der Waals surface area contributed by atoms with Gasteiger partial charge in [0.2, 0.25) is 5.82 Å². The zero-order chi connectivity index (χ0) is 19.6. The highest BCUT2D eigenvalue weighted by Gasteiger charge is 2.06. The predicted octanol–water partition coefficient (Wildman–Crippen LogP) is 0.815. The second-order valence-electron chi connectivity index (χ2n) is 4.97. The van der Waals surface area contributed by atoms with E-state index in [0.29, 0.717) is 22.5 Å². The van der Waals surface area contributed by atoms with Crippen LogP contribution in [0.4, 0.5) is 0 Å². The summed E-state index contributed by atoms with van der Waals surface area (Å²) in [6.45, 7) is 0. The lowest BCUT2D eigenvalue weighted by Gasteiger charge is -1.99. The number of benzene rings is 2. The number of rotatable bonds is 3. The van der Waals surface area contributed by atoms with Crippen LogP contribution in [-0.4, -0.2) is 39.6 Å². The van der Waals surface area contributed by atoms with Gasteiger partial charge < -0.3 is 4.74 Å². The van der Waals surface area contributed by atoms with E-state index in [1.165, 1.54) is 7.11 Å². The van der Waals surface area contributed by atoms with Crippen LogP contribution in [-0.2, 0) is 4.74 Å². The summed E-state index contributed by atoms with van der Waals surface area (Å²) in [5.74, 6) is 4.75. The van der Waals surface area contributed by atoms with Crippen molar-refractivity contribution in [3.63, 3.8) is 0 Å². The van der Waals surface area contributed by atoms with Gasteiger partial charge in [0, 0.05) is 11.1 Å². The van der Waals surface area contributed by atoms with Gasteiger partial charge in [-0.05, 0) is 41.6 Å². The van der Waals surface area contributed by atoms with Crippen LogP contribution in [0.3, 0.4) is 0 Å². The van der Waals surface area contributed by atoms with E-state index in [4.69, 9.17) is 11.1 Å². The molecule has 2 aromatic carbocycles. The number of amides is 1. The molecule has 1 amide bonds. The van der Waals surface area contributed by atoms with E-state index in [1.807, 2.05) is 11.5 Å². The van der Waals surface area contributed by atoms with Crippen molar-refractivity contribution in [2.24, 2.45) is 5.84 Å². The molecule has 0 unspecified atom stereocenters. The summed E-state index contributed by atoms with van der Waals surface area (Å²) in [5.41, 5.74) is 4.28. The highest BCUT2D eigenvalue weighted by molar-refractivity contribution is 5.94. The van der Waals surface area contributed by atoms with Gasteiger partial charge in [0.15, 0.2) is 0 Å². The third-order valence-corrected chi connectivity index (χ3v) is 3.32. The molecule has 3 aromatic rings. The van der Waals surface area contributed by atoms with Gasteiger partial charge in [-0.3, -0.25) is 10.2 Å². The van der Waals surface area contributed by atoms with Gasteiger partial charge in [-0.1, -0.05) is 12.1 Å². The summed E-state index contributed by atoms with van der Waals surface area (Å²) in [6, 6.07) is 14.9. The number of nitrogen functional groups attached to an aromatic ring is 1. The molecule has 0 aliphatic rings. The van der Waals surface area contributed by atoms with Gasteiger partial charge >= 0.3 is 5.97 Å². The van der Waals surface area contributed by atoms with E-state index in [1.54, 1.807) is 48.5 Å². The van der Waals surface area contributed by atoms with Gasteiger partial charge in [0.05, 0.1) is 24.3 Å². The van der Waals surface area contributed by atoms with Crippen molar-refractivity contribution >= 4 is 11.9 Å². The molecule has 4 N–H and O–H groups in total. The number of carbonyl (C=O) groups excluding carboxylic acids is 2. The standard InChI is InChI=1S/C9H7NO2.C8H8N6O/c1-12-9(11)8-4-2-7(6-10)3-5-8;9-10-8(15)6-3-1-5(2-4-6)7-11-13-14-12-7/h2-5H,1H3;1-4H,9H2,(H,10,15)(H,11,12,13,14). The van der Waals surface area contributed by atoms with Crippen LogP contribution in [0.25, 0.3) is 11.4 Å². The summed E-state index contributed by atoms with van der Waals surface area (Å²) in [4.78, 5) is 22.0. The summed E-state index contributed by atoms with van der Waals surface area (Å²) in [6.07, 6.45) is 0. The van der Waals surface area contributed by atoms with Crippen molar-refractivity contribution < 1.29 is 14.3 Å². The number of hydrazine groups is 1. The molecule has 1 aromatic heterocycles. The Labute approximate surface area is 153 Å². The highest BCUT2D eigenvalue weighted by atomic mass is 16.5. The number of aromatic amines is 1. The van der Waals surface area contributed by atoms with Crippen LogP contribution in [0, 0.1) is 11.3 Å². The lowest BCUT2D eigenvalue weighted by Crippen LogP contribution is -2.29. The summed E-state index contributed by atoms with van der Waals surface area (Å²) in [5, 5.41) is 21.9. The number of H-pyrrole nitrogens is 1. The number of nitrogens with two attached hydrogens (primary N) is 1. The molecule has 136 valence electrons. The summed E-state index contributed by atoms with van der Waals surface area (Å²) >= 11 is 0. The molecular formula is C17H15N7O3. The number of methoxy groups -OCH3 is 1. The summed E-state index contributed by atoms with van der Waals surface area (Å²) in [7, 11) is 1.32. The van der Waals surface area contributed by atoms with Crippen molar-refractivity contribution in [3.05, 3.63) is 65.2 Å². The first-order chi connectivity index (χ1) is 13.1. The number of aromatic nitrogens is 4.